The molecule has 1 radical (unpaired) electrons. The largest absolute Gasteiger partial charge is 0.280 e. The van der Waals surface area contributed by atoms with E-state index >= 15 is 0 Å². The molecule has 0 aliphatic carbocycles. The highest BCUT2D eigenvalue weighted by molar-refractivity contribution is 6.11. The minimum atomic E-state index is 0.803. The van der Waals surface area contributed by atoms with Gasteiger partial charge in [0.1, 0.15) is 0 Å². The SMILES string of the molecule is C1=CC2=C[N]C=CC2=NC1. The summed E-state index contributed by atoms with van der Waals surface area (Å²) in [5, 5.41) is 3.99. The summed E-state index contributed by atoms with van der Waals surface area (Å²) in [4.78, 5) is 4.27. The van der Waals surface area contributed by atoms with Crippen LogP contribution in [0.3, 0.4) is 0 Å². The first-order chi connectivity index (χ1) is 4.97. The molecule has 49 valence electrons. The van der Waals surface area contributed by atoms with Crippen LogP contribution in [0, 0.1) is 0 Å². The van der Waals surface area contributed by atoms with Crippen molar-refractivity contribution in [2.75, 3.05) is 6.54 Å². The maximum absolute atomic E-state index is 4.27. The zero-order valence-corrected chi connectivity index (χ0v) is 5.49. The first-order valence-corrected chi connectivity index (χ1v) is 3.25. The van der Waals surface area contributed by atoms with Gasteiger partial charge in [-0.2, -0.15) is 0 Å². The number of allylic oxidation sites excluding steroid dienone is 3. The third-order valence-corrected chi connectivity index (χ3v) is 1.49. The summed E-state index contributed by atoms with van der Waals surface area (Å²) >= 11 is 0. The fourth-order valence-electron chi connectivity index (χ4n) is 1.00. The Balaban J connectivity index is 2.38. The van der Waals surface area contributed by atoms with Crippen LogP contribution in [-0.2, 0) is 0 Å². The van der Waals surface area contributed by atoms with E-state index in [1.165, 1.54) is 0 Å². The fraction of sp³-hybridized carbons (Fsp3) is 0.125. The van der Waals surface area contributed by atoms with E-state index in [-0.39, 0.29) is 0 Å². The summed E-state index contributed by atoms with van der Waals surface area (Å²) < 4.78 is 0. The Morgan fingerprint density at radius 2 is 2.30 bits per heavy atom. The van der Waals surface area contributed by atoms with E-state index in [0.29, 0.717) is 0 Å². The molecular formula is C8H7N2. The average Bonchev–Trinajstić information content (AvgIpc) is 2.05. The molecule has 0 saturated heterocycles. The lowest BCUT2D eigenvalue weighted by atomic mass is 10.1. The van der Waals surface area contributed by atoms with Gasteiger partial charge < -0.3 is 0 Å². The molecule has 2 aliphatic rings. The van der Waals surface area contributed by atoms with Crippen molar-refractivity contribution in [3.63, 3.8) is 0 Å². The van der Waals surface area contributed by atoms with Crippen LogP contribution in [0.2, 0.25) is 0 Å². The third kappa shape index (κ3) is 0.778. The second kappa shape index (κ2) is 2.14. The van der Waals surface area contributed by atoms with E-state index < -0.39 is 0 Å². The van der Waals surface area contributed by atoms with Crippen molar-refractivity contribution in [1.29, 1.82) is 0 Å². The van der Waals surface area contributed by atoms with E-state index in [9.17, 15) is 0 Å². The molecular weight excluding hydrogens is 124 g/mol. The molecule has 0 aromatic carbocycles. The number of hydrogen-bond acceptors (Lipinski definition) is 1. The molecule has 0 unspecified atom stereocenters. The summed E-state index contributed by atoms with van der Waals surface area (Å²) in [6.07, 6.45) is 9.61. The van der Waals surface area contributed by atoms with Crippen LogP contribution in [0.4, 0.5) is 0 Å². The Morgan fingerprint density at radius 3 is 3.20 bits per heavy atom. The van der Waals surface area contributed by atoms with E-state index in [1.54, 1.807) is 6.20 Å². The lowest BCUT2D eigenvalue weighted by Gasteiger charge is -2.09. The van der Waals surface area contributed by atoms with Crippen molar-refractivity contribution < 1.29 is 0 Å². The van der Waals surface area contributed by atoms with Gasteiger partial charge in [-0.15, -0.1) is 0 Å². The first-order valence-electron chi connectivity index (χ1n) is 3.25. The highest BCUT2D eigenvalue weighted by Gasteiger charge is 2.05. The topological polar surface area (TPSA) is 26.5 Å². The molecule has 2 heteroatoms. The molecule has 0 atom stereocenters. The van der Waals surface area contributed by atoms with Gasteiger partial charge in [0.25, 0.3) is 0 Å². The minimum Gasteiger partial charge on any atom is -0.280 e. The minimum absolute atomic E-state index is 0.803. The summed E-state index contributed by atoms with van der Waals surface area (Å²) in [5.41, 5.74) is 2.17. The van der Waals surface area contributed by atoms with E-state index in [2.05, 4.69) is 16.4 Å². The van der Waals surface area contributed by atoms with Crippen molar-refractivity contribution in [3.05, 3.63) is 36.2 Å². The molecule has 0 aromatic heterocycles. The molecule has 2 rings (SSSR count). The summed E-state index contributed by atoms with van der Waals surface area (Å²) in [6.45, 7) is 0.803. The Labute approximate surface area is 59.7 Å². The smallest absolute Gasteiger partial charge is 0.0681 e. The number of dihydropyridines is 1. The predicted octanol–water partition coefficient (Wildman–Crippen LogP) is 1.01. The van der Waals surface area contributed by atoms with Crippen LogP contribution in [0.5, 0.6) is 0 Å². The van der Waals surface area contributed by atoms with Gasteiger partial charge in [-0.05, 0) is 6.08 Å². The van der Waals surface area contributed by atoms with Crippen molar-refractivity contribution in [2.24, 2.45) is 4.99 Å². The lowest BCUT2D eigenvalue weighted by molar-refractivity contribution is 1.12. The summed E-state index contributed by atoms with van der Waals surface area (Å²) in [5.74, 6) is 0. The number of aliphatic imine (C=N–C) groups is 1. The van der Waals surface area contributed by atoms with Crippen molar-refractivity contribution >= 4 is 5.71 Å². The molecule has 2 aliphatic heterocycles. The number of nitrogens with zero attached hydrogens (tertiary/aromatic N) is 2. The highest BCUT2D eigenvalue weighted by Crippen LogP contribution is 2.09. The van der Waals surface area contributed by atoms with Gasteiger partial charge in [0.05, 0.1) is 12.3 Å². The van der Waals surface area contributed by atoms with E-state index in [0.717, 1.165) is 17.8 Å². The summed E-state index contributed by atoms with van der Waals surface area (Å²) in [7, 11) is 0. The third-order valence-electron chi connectivity index (χ3n) is 1.49. The molecule has 0 amide bonds. The van der Waals surface area contributed by atoms with Gasteiger partial charge in [0.2, 0.25) is 0 Å². The van der Waals surface area contributed by atoms with Crippen LogP contribution in [0.25, 0.3) is 0 Å². The molecule has 2 heterocycles. The Morgan fingerprint density at radius 1 is 1.30 bits per heavy atom. The van der Waals surface area contributed by atoms with Gasteiger partial charge in [-0.25, -0.2) is 0 Å². The zero-order valence-electron chi connectivity index (χ0n) is 5.49. The molecule has 0 aromatic rings. The van der Waals surface area contributed by atoms with Crippen LogP contribution < -0.4 is 5.32 Å². The monoisotopic (exact) mass is 131 g/mol. The molecule has 0 fully saturated rings. The predicted molar refractivity (Wildman–Crippen MR) is 40.8 cm³/mol. The van der Waals surface area contributed by atoms with Gasteiger partial charge in [-0.1, -0.05) is 12.2 Å². The lowest BCUT2D eigenvalue weighted by Crippen LogP contribution is -2.08. The number of rotatable bonds is 0. The molecule has 10 heavy (non-hydrogen) atoms. The molecule has 0 N–H and O–H groups in total. The molecule has 0 spiro atoms. The maximum atomic E-state index is 4.27. The van der Waals surface area contributed by atoms with Crippen molar-refractivity contribution in [1.82, 2.24) is 5.32 Å². The maximum Gasteiger partial charge on any atom is 0.0681 e. The highest BCUT2D eigenvalue weighted by atomic mass is 14.8. The Kier molecular flexibility index (Phi) is 1.17. The zero-order chi connectivity index (χ0) is 6.81. The van der Waals surface area contributed by atoms with Gasteiger partial charge in [0.15, 0.2) is 0 Å². The fourth-order valence-corrected chi connectivity index (χ4v) is 1.00. The molecule has 2 nitrogen and oxygen atoms in total. The molecule has 0 bridgehead atoms. The number of hydrogen-bond donors (Lipinski definition) is 0. The van der Waals surface area contributed by atoms with Crippen LogP contribution in [0.1, 0.15) is 0 Å². The first kappa shape index (κ1) is 5.47. The van der Waals surface area contributed by atoms with Gasteiger partial charge in [0, 0.05) is 18.0 Å². The standard InChI is InChI=1S/C8H7N2/c1-2-7-6-9-5-3-8(7)10-4-1/h1-3,5-6H,4H2. The molecule has 0 saturated carbocycles. The normalized spacial score (nSPS) is 20.8. The Bertz CT molecular complexity index is 228. The van der Waals surface area contributed by atoms with Gasteiger partial charge in [-0.3, -0.25) is 10.3 Å². The quantitative estimate of drug-likeness (QED) is 0.469. The summed E-state index contributed by atoms with van der Waals surface area (Å²) in [6, 6.07) is 0. The van der Waals surface area contributed by atoms with E-state index in [4.69, 9.17) is 0 Å². The second-order valence-corrected chi connectivity index (χ2v) is 2.18. The average molecular weight is 131 g/mol. The van der Waals surface area contributed by atoms with Crippen LogP contribution in [0.15, 0.2) is 41.2 Å². The van der Waals surface area contributed by atoms with Crippen molar-refractivity contribution in [2.45, 2.75) is 0 Å². The van der Waals surface area contributed by atoms with Gasteiger partial charge >= 0.3 is 0 Å². The van der Waals surface area contributed by atoms with Crippen LogP contribution >= 0.6 is 0 Å². The number of fused-ring (bicyclic) bond motifs is 1. The Hall–Kier alpha value is -1.31. The van der Waals surface area contributed by atoms with E-state index in [1.807, 2.05) is 18.4 Å². The van der Waals surface area contributed by atoms with Crippen LogP contribution in [-0.4, -0.2) is 12.3 Å². The second-order valence-electron chi connectivity index (χ2n) is 2.18. The van der Waals surface area contributed by atoms with Crippen molar-refractivity contribution in [3.8, 4) is 0 Å².